The molecule has 0 bridgehead atoms. The molecule has 5 rings (SSSR count). The highest BCUT2D eigenvalue weighted by Gasteiger charge is 2.62. The molecule has 1 aromatic rings. The van der Waals surface area contributed by atoms with E-state index in [0.29, 0.717) is 23.3 Å². The van der Waals surface area contributed by atoms with Gasteiger partial charge in [-0.15, -0.1) is 0 Å². The molecule has 0 radical (unpaired) electrons. The van der Waals surface area contributed by atoms with Gasteiger partial charge in [-0.25, -0.2) is 8.78 Å². The van der Waals surface area contributed by atoms with Crippen LogP contribution in [0.2, 0.25) is 0 Å². The number of fused-ring (bicyclic) bond motifs is 5. The van der Waals surface area contributed by atoms with Gasteiger partial charge >= 0.3 is 0 Å². The zero-order chi connectivity index (χ0) is 23.5. The van der Waals surface area contributed by atoms with Gasteiger partial charge in [0.25, 0.3) is 5.91 Å². The van der Waals surface area contributed by atoms with Crippen LogP contribution in [0.4, 0.5) is 8.78 Å². The third kappa shape index (κ3) is 3.35. The van der Waals surface area contributed by atoms with Crippen LogP contribution in [0.1, 0.15) is 57.9 Å². The number of halogens is 2. The second-order valence-corrected chi connectivity index (χ2v) is 11.2. The Kier molecular flexibility index (Phi) is 5.41. The van der Waals surface area contributed by atoms with Crippen LogP contribution in [0.15, 0.2) is 36.2 Å². The van der Waals surface area contributed by atoms with Crippen molar-refractivity contribution in [3.8, 4) is 0 Å². The monoisotopic (exact) mass is 456 g/mol. The van der Waals surface area contributed by atoms with Gasteiger partial charge in [0.15, 0.2) is 5.83 Å². The third-order valence-electron chi connectivity index (χ3n) is 9.88. The third-order valence-corrected chi connectivity index (χ3v) is 9.88. The van der Waals surface area contributed by atoms with E-state index < -0.39 is 11.7 Å². The second kappa shape index (κ2) is 7.92. The van der Waals surface area contributed by atoms with Crippen molar-refractivity contribution < 1.29 is 18.4 Å². The van der Waals surface area contributed by atoms with Crippen LogP contribution in [-0.2, 0) is 16.1 Å². The van der Waals surface area contributed by atoms with Crippen molar-refractivity contribution in [3.63, 3.8) is 0 Å². The maximum Gasteiger partial charge on any atom is 0.282 e. The molecule has 0 aromatic heterocycles. The van der Waals surface area contributed by atoms with E-state index in [0.717, 1.165) is 38.5 Å². The summed E-state index contributed by atoms with van der Waals surface area (Å²) in [6.45, 7) is 4.60. The fourth-order valence-electron chi connectivity index (χ4n) is 8.21. The average molecular weight is 457 g/mol. The highest BCUT2D eigenvalue weighted by molar-refractivity contribution is 5.92. The number of benzene rings is 1. The Morgan fingerprint density at radius 2 is 1.85 bits per heavy atom. The van der Waals surface area contributed by atoms with Gasteiger partial charge < -0.3 is 10.2 Å². The zero-order valence-electron chi connectivity index (χ0n) is 19.7. The van der Waals surface area contributed by atoms with Crippen LogP contribution in [0, 0.1) is 40.3 Å². The Bertz CT molecular complexity index is 1010. The van der Waals surface area contributed by atoms with Crippen molar-refractivity contribution in [2.75, 3.05) is 7.05 Å². The van der Waals surface area contributed by atoms with Gasteiger partial charge in [0, 0.05) is 36.5 Å². The molecule has 3 aliphatic carbocycles. The Balaban J connectivity index is 1.34. The van der Waals surface area contributed by atoms with Gasteiger partial charge in [-0.2, -0.15) is 0 Å². The molecule has 0 saturated heterocycles. The zero-order valence-corrected chi connectivity index (χ0v) is 19.7. The largest absolute Gasteiger partial charge is 0.352 e. The minimum absolute atomic E-state index is 0.0236. The normalized spacial score (nSPS) is 39.9. The molecule has 4 nitrogen and oxygen atoms in total. The molecule has 178 valence electrons. The fourth-order valence-corrected chi connectivity index (χ4v) is 8.21. The Hall–Kier alpha value is -2.24. The summed E-state index contributed by atoms with van der Waals surface area (Å²) in [6.07, 6.45) is 7.21. The van der Waals surface area contributed by atoms with Gasteiger partial charge in [0.2, 0.25) is 5.91 Å². The van der Waals surface area contributed by atoms with E-state index in [4.69, 9.17) is 0 Å². The lowest BCUT2D eigenvalue weighted by Crippen LogP contribution is -2.60. The Morgan fingerprint density at radius 3 is 2.61 bits per heavy atom. The molecule has 2 amide bonds. The summed E-state index contributed by atoms with van der Waals surface area (Å²) in [5.41, 5.74) is 0.0510. The fraction of sp³-hybridized carbons (Fsp3) is 0.630. The number of hydrogen-bond acceptors (Lipinski definition) is 2. The molecule has 0 spiro atoms. The first kappa shape index (κ1) is 22.5. The SMILES string of the molecule is CN1C(=O)C(F)=C[C@]2(C)C3CC[C@]4(C)[C@@H](C(=O)NCc5ccccc5F)CC[C@H]4C3CC[C@@H]12. The van der Waals surface area contributed by atoms with E-state index in [1.54, 1.807) is 36.2 Å². The molecule has 3 fully saturated rings. The number of likely N-dealkylation sites (N-methyl/N-ethyl adjacent to an activating group) is 1. The van der Waals surface area contributed by atoms with E-state index in [2.05, 4.69) is 19.2 Å². The number of carbonyl (C=O) groups is 2. The van der Waals surface area contributed by atoms with Crippen LogP contribution in [-0.4, -0.2) is 29.8 Å². The molecule has 3 saturated carbocycles. The summed E-state index contributed by atoms with van der Waals surface area (Å²) < 4.78 is 28.5. The van der Waals surface area contributed by atoms with Crippen molar-refractivity contribution in [1.29, 1.82) is 0 Å². The van der Waals surface area contributed by atoms with Gasteiger partial charge in [0.1, 0.15) is 5.82 Å². The number of amides is 2. The van der Waals surface area contributed by atoms with Gasteiger partial charge in [-0.3, -0.25) is 9.59 Å². The topological polar surface area (TPSA) is 49.4 Å². The summed E-state index contributed by atoms with van der Waals surface area (Å²) in [7, 11) is 1.73. The highest BCUT2D eigenvalue weighted by Crippen LogP contribution is 2.65. The number of rotatable bonds is 3. The molecule has 7 atom stereocenters. The van der Waals surface area contributed by atoms with Gasteiger partial charge in [-0.1, -0.05) is 32.0 Å². The molecular formula is C27H34F2N2O2. The minimum atomic E-state index is -0.623. The van der Waals surface area contributed by atoms with E-state index in [1.807, 2.05) is 0 Å². The predicted octanol–water partition coefficient (Wildman–Crippen LogP) is 4.99. The quantitative estimate of drug-likeness (QED) is 0.696. The lowest BCUT2D eigenvalue weighted by atomic mass is 9.47. The number of nitrogens with zero attached hydrogens (tertiary/aromatic N) is 1. The number of nitrogens with one attached hydrogen (secondary N) is 1. The summed E-state index contributed by atoms with van der Waals surface area (Å²) in [5.74, 6) is -0.311. The molecule has 1 aliphatic heterocycles. The Morgan fingerprint density at radius 1 is 1.09 bits per heavy atom. The van der Waals surface area contributed by atoms with E-state index in [-0.39, 0.29) is 41.1 Å². The van der Waals surface area contributed by atoms with Crippen molar-refractivity contribution in [1.82, 2.24) is 10.2 Å². The first-order chi connectivity index (χ1) is 15.7. The maximum absolute atomic E-state index is 14.6. The van der Waals surface area contributed by atoms with Crippen LogP contribution in [0.25, 0.3) is 0 Å². The molecular weight excluding hydrogens is 422 g/mol. The van der Waals surface area contributed by atoms with E-state index in [9.17, 15) is 18.4 Å². The molecule has 2 unspecified atom stereocenters. The van der Waals surface area contributed by atoms with Crippen molar-refractivity contribution in [3.05, 3.63) is 47.5 Å². The predicted molar refractivity (Wildman–Crippen MR) is 122 cm³/mol. The minimum Gasteiger partial charge on any atom is -0.352 e. The summed E-state index contributed by atoms with van der Waals surface area (Å²) in [4.78, 5) is 27.1. The smallest absolute Gasteiger partial charge is 0.282 e. The molecule has 33 heavy (non-hydrogen) atoms. The molecule has 1 heterocycles. The van der Waals surface area contributed by atoms with E-state index >= 15 is 0 Å². The molecule has 1 aromatic carbocycles. The molecule has 1 N–H and O–H groups in total. The van der Waals surface area contributed by atoms with Crippen molar-refractivity contribution >= 4 is 11.8 Å². The summed E-state index contributed by atoms with van der Waals surface area (Å²) >= 11 is 0. The molecule has 6 heteroatoms. The average Bonchev–Trinajstić information content (AvgIpc) is 3.14. The Labute approximate surface area is 194 Å². The van der Waals surface area contributed by atoms with Crippen LogP contribution < -0.4 is 5.32 Å². The maximum atomic E-state index is 14.6. The lowest BCUT2D eigenvalue weighted by molar-refractivity contribution is -0.145. The van der Waals surface area contributed by atoms with Crippen molar-refractivity contribution in [2.45, 2.75) is 65.0 Å². The number of hydrogen-bond donors (Lipinski definition) is 1. The van der Waals surface area contributed by atoms with Gasteiger partial charge in [0.05, 0.1) is 0 Å². The first-order valence-electron chi connectivity index (χ1n) is 12.3. The van der Waals surface area contributed by atoms with Crippen molar-refractivity contribution in [2.24, 2.45) is 34.5 Å². The summed E-state index contributed by atoms with van der Waals surface area (Å²) in [6, 6.07) is 6.59. The second-order valence-electron chi connectivity index (χ2n) is 11.2. The van der Waals surface area contributed by atoms with E-state index in [1.165, 1.54) is 6.07 Å². The lowest BCUT2D eigenvalue weighted by Gasteiger charge is -2.60. The van der Waals surface area contributed by atoms with Crippen LogP contribution in [0.3, 0.4) is 0 Å². The number of carbonyl (C=O) groups excluding carboxylic acids is 2. The van der Waals surface area contributed by atoms with Crippen LogP contribution in [0.5, 0.6) is 0 Å². The first-order valence-corrected chi connectivity index (χ1v) is 12.3. The highest BCUT2D eigenvalue weighted by atomic mass is 19.1. The van der Waals surface area contributed by atoms with Gasteiger partial charge in [-0.05, 0) is 73.8 Å². The summed E-state index contributed by atoms with van der Waals surface area (Å²) in [5, 5.41) is 3.00. The molecule has 4 aliphatic rings. The standard InChI is InChI=1S/C27H34F2N2O2/c1-26-13-12-19-17(8-11-23-27(19,2)14-22(29)25(33)31(23)3)18(26)9-10-20(26)24(32)30-15-16-6-4-5-7-21(16)28/h4-7,14,17-20,23H,8-13,15H2,1-3H3,(H,30,32)/t17?,18-,19?,20+,23+,26-,27+/m0/s1. The van der Waals surface area contributed by atoms with Crippen LogP contribution >= 0.6 is 0 Å².